The topological polar surface area (TPSA) is 29.9 Å². The number of aryl methyl sites for hydroxylation is 1. The van der Waals surface area contributed by atoms with Gasteiger partial charge in [0.2, 0.25) is 5.95 Å². The van der Waals surface area contributed by atoms with E-state index in [0.29, 0.717) is 0 Å². The maximum atomic E-state index is 4.32. The Bertz CT molecular complexity index is 266. The first-order valence-electron chi connectivity index (χ1n) is 5.99. The Morgan fingerprint density at radius 1 is 1.47 bits per heavy atom. The lowest BCUT2D eigenvalue weighted by molar-refractivity contribution is 0.518. The van der Waals surface area contributed by atoms with Crippen molar-refractivity contribution in [3.63, 3.8) is 0 Å². The van der Waals surface area contributed by atoms with Gasteiger partial charge in [-0.3, -0.25) is 0 Å². The first-order chi connectivity index (χ1) is 7.24. The third kappa shape index (κ3) is 4.36. The van der Waals surface area contributed by atoms with Gasteiger partial charge in [-0.25, -0.2) is 4.98 Å². The predicted octanol–water partition coefficient (Wildman–Crippen LogP) is 3.14. The molecule has 1 N–H and O–H groups in total. The summed E-state index contributed by atoms with van der Waals surface area (Å²) in [5.41, 5.74) is 0. The molecule has 1 aromatic heterocycles. The molecule has 1 heterocycles. The van der Waals surface area contributed by atoms with Gasteiger partial charge in [-0.2, -0.15) is 0 Å². The highest BCUT2D eigenvalue weighted by atomic mass is 15.2. The minimum absolute atomic E-state index is 0.746. The van der Waals surface area contributed by atoms with E-state index in [9.17, 15) is 0 Å². The molecule has 0 aliphatic heterocycles. The minimum atomic E-state index is 0.746. The molecule has 0 amide bonds. The van der Waals surface area contributed by atoms with Crippen LogP contribution in [-0.4, -0.2) is 16.1 Å². The van der Waals surface area contributed by atoms with Crippen molar-refractivity contribution >= 4 is 5.95 Å². The van der Waals surface area contributed by atoms with E-state index in [1.807, 2.05) is 6.20 Å². The van der Waals surface area contributed by atoms with Gasteiger partial charge in [0, 0.05) is 25.5 Å². The molecule has 3 nitrogen and oxygen atoms in total. The van der Waals surface area contributed by atoms with Crippen LogP contribution in [0.5, 0.6) is 0 Å². The van der Waals surface area contributed by atoms with Crippen molar-refractivity contribution in [3.05, 3.63) is 12.4 Å². The standard InChI is InChI=1S/C12H23N3/c1-4-5-7-13-12-14-8-10-15(12)9-6-11(2)3/h8,10-11H,4-7,9H2,1-3H3,(H,13,14). The van der Waals surface area contributed by atoms with Gasteiger partial charge in [0.05, 0.1) is 0 Å². The molecule has 0 atom stereocenters. The molecule has 0 saturated heterocycles. The van der Waals surface area contributed by atoms with Crippen LogP contribution in [-0.2, 0) is 6.54 Å². The Balaban J connectivity index is 2.39. The average molecular weight is 209 g/mol. The summed E-state index contributed by atoms with van der Waals surface area (Å²) < 4.78 is 2.20. The van der Waals surface area contributed by atoms with E-state index in [1.165, 1.54) is 19.3 Å². The molecule has 0 unspecified atom stereocenters. The number of hydrogen-bond acceptors (Lipinski definition) is 2. The molecule has 3 heteroatoms. The molecular weight excluding hydrogens is 186 g/mol. The lowest BCUT2D eigenvalue weighted by Gasteiger charge is -2.10. The van der Waals surface area contributed by atoms with E-state index >= 15 is 0 Å². The summed E-state index contributed by atoms with van der Waals surface area (Å²) in [5, 5.41) is 3.37. The molecule has 0 saturated carbocycles. The van der Waals surface area contributed by atoms with Crippen molar-refractivity contribution in [3.8, 4) is 0 Å². The summed E-state index contributed by atoms with van der Waals surface area (Å²) in [6, 6.07) is 0. The van der Waals surface area contributed by atoms with Gasteiger partial charge >= 0.3 is 0 Å². The zero-order valence-electron chi connectivity index (χ0n) is 10.2. The van der Waals surface area contributed by atoms with Gasteiger partial charge in [0.25, 0.3) is 0 Å². The highest BCUT2D eigenvalue weighted by Crippen LogP contribution is 2.09. The second-order valence-electron chi connectivity index (χ2n) is 4.41. The zero-order valence-corrected chi connectivity index (χ0v) is 10.2. The number of imidazole rings is 1. The van der Waals surface area contributed by atoms with Crippen LogP contribution in [0.1, 0.15) is 40.0 Å². The smallest absolute Gasteiger partial charge is 0.202 e. The number of rotatable bonds is 7. The van der Waals surface area contributed by atoms with Crippen molar-refractivity contribution in [2.45, 2.75) is 46.6 Å². The molecule has 15 heavy (non-hydrogen) atoms. The number of hydrogen-bond donors (Lipinski definition) is 1. The van der Waals surface area contributed by atoms with Crippen molar-refractivity contribution in [2.75, 3.05) is 11.9 Å². The maximum absolute atomic E-state index is 4.32. The monoisotopic (exact) mass is 209 g/mol. The number of aromatic nitrogens is 2. The van der Waals surface area contributed by atoms with Crippen molar-refractivity contribution in [2.24, 2.45) is 5.92 Å². The van der Waals surface area contributed by atoms with Crippen LogP contribution in [0.2, 0.25) is 0 Å². The fourth-order valence-corrected chi connectivity index (χ4v) is 1.43. The molecule has 86 valence electrons. The van der Waals surface area contributed by atoms with Gasteiger partial charge in [-0.15, -0.1) is 0 Å². The van der Waals surface area contributed by atoms with Crippen LogP contribution in [0.15, 0.2) is 12.4 Å². The minimum Gasteiger partial charge on any atom is -0.356 e. The van der Waals surface area contributed by atoms with Crippen molar-refractivity contribution in [1.82, 2.24) is 9.55 Å². The summed E-state index contributed by atoms with van der Waals surface area (Å²) >= 11 is 0. The summed E-state index contributed by atoms with van der Waals surface area (Å²) in [4.78, 5) is 4.32. The molecule has 1 aromatic rings. The van der Waals surface area contributed by atoms with E-state index in [0.717, 1.165) is 25.0 Å². The van der Waals surface area contributed by atoms with Crippen LogP contribution in [0.3, 0.4) is 0 Å². The third-order valence-corrected chi connectivity index (χ3v) is 2.48. The second kappa shape index (κ2) is 6.49. The predicted molar refractivity (Wildman–Crippen MR) is 65.1 cm³/mol. The van der Waals surface area contributed by atoms with Crippen LogP contribution >= 0.6 is 0 Å². The second-order valence-corrected chi connectivity index (χ2v) is 4.41. The molecule has 0 fully saturated rings. The van der Waals surface area contributed by atoms with Gasteiger partial charge < -0.3 is 9.88 Å². The summed E-state index contributed by atoms with van der Waals surface area (Å²) in [6.07, 6.45) is 7.56. The van der Waals surface area contributed by atoms with E-state index < -0.39 is 0 Å². The molecule has 0 spiro atoms. The molecule has 0 aliphatic rings. The van der Waals surface area contributed by atoms with Crippen molar-refractivity contribution in [1.29, 1.82) is 0 Å². The largest absolute Gasteiger partial charge is 0.356 e. The van der Waals surface area contributed by atoms with Crippen LogP contribution < -0.4 is 5.32 Å². The highest BCUT2D eigenvalue weighted by Gasteiger charge is 2.02. The number of nitrogens with zero attached hydrogens (tertiary/aromatic N) is 2. The number of anilines is 1. The van der Waals surface area contributed by atoms with Crippen LogP contribution in [0, 0.1) is 5.92 Å². The summed E-state index contributed by atoms with van der Waals surface area (Å²) in [7, 11) is 0. The molecule has 0 radical (unpaired) electrons. The Hall–Kier alpha value is -0.990. The van der Waals surface area contributed by atoms with E-state index in [-0.39, 0.29) is 0 Å². The quantitative estimate of drug-likeness (QED) is 0.699. The number of nitrogens with one attached hydrogen (secondary N) is 1. The molecule has 0 aromatic carbocycles. The van der Waals surface area contributed by atoms with E-state index in [4.69, 9.17) is 0 Å². The Labute approximate surface area is 92.9 Å². The fraction of sp³-hybridized carbons (Fsp3) is 0.750. The Morgan fingerprint density at radius 3 is 2.93 bits per heavy atom. The lowest BCUT2D eigenvalue weighted by atomic mass is 10.1. The fourth-order valence-electron chi connectivity index (χ4n) is 1.43. The zero-order chi connectivity index (χ0) is 11.1. The highest BCUT2D eigenvalue weighted by molar-refractivity contribution is 5.25. The Morgan fingerprint density at radius 2 is 2.27 bits per heavy atom. The first kappa shape index (κ1) is 12.1. The van der Waals surface area contributed by atoms with Gasteiger partial charge in [-0.1, -0.05) is 27.2 Å². The molecule has 0 aliphatic carbocycles. The van der Waals surface area contributed by atoms with Crippen molar-refractivity contribution < 1.29 is 0 Å². The SMILES string of the molecule is CCCCNc1nccn1CCC(C)C. The lowest BCUT2D eigenvalue weighted by Crippen LogP contribution is -2.09. The maximum Gasteiger partial charge on any atom is 0.202 e. The Kier molecular flexibility index (Phi) is 5.22. The normalized spacial score (nSPS) is 10.9. The summed E-state index contributed by atoms with van der Waals surface area (Å²) in [6.45, 7) is 8.79. The first-order valence-corrected chi connectivity index (χ1v) is 5.99. The van der Waals surface area contributed by atoms with Gasteiger partial charge in [-0.05, 0) is 18.8 Å². The van der Waals surface area contributed by atoms with E-state index in [2.05, 4.69) is 41.8 Å². The molecule has 1 rings (SSSR count). The van der Waals surface area contributed by atoms with E-state index in [1.54, 1.807) is 0 Å². The third-order valence-electron chi connectivity index (χ3n) is 2.48. The summed E-state index contributed by atoms with van der Waals surface area (Å²) in [5.74, 6) is 1.76. The number of unbranched alkanes of at least 4 members (excludes halogenated alkanes) is 1. The van der Waals surface area contributed by atoms with Crippen LogP contribution in [0.25, 0.3) is 0 Å². The average Bonchev–Trinajstić information content (AvgIpc) is 2.63. The van der Waals surface area contributed by atoms with Gasteiger partial charge in [0.15, 0.2) is 0 Å². The van der Waals surface area contributed by atoms with Gasteiger partial charge in [0.1, 0.15) is 0 Å². The molecule has 0 bridgehead atoms. The van der Waals surface area contributed by atoms with Crippen LogP contribution in [0.4, 0.5) is 5.95 Å². The molecular formula is C12H23N3.